The van der Waals surface area contributed by atoms with Gasteiger partial charge in [0, 0.05) is 36.6 Å². The number of aromatic nitrogens is 1. The highest BCUT2D eigenvalue weighted by Crippen LogP contribution is 2.35. The molecule has 2 N–H and O–H groups in total. The number of fused-ring (bicyclic) bond motifs is 2. The number of likely N-dealkylation sites (tertiary alicyclic amines) is 1. The number of hydrogen-bond acceptors (Lipinski definition) is 4. The predicted octanol–water partition coefficient (Wildman–Crippen LogP) is 6.15. The second kappa shape index (κ2) is 9.90. The summed E-state index contributed by atoms with van der Waals surface area (Å²) >= 11 is 0. The van der Waals surface area contributed by atoms with Crippen molar-refractivity contribution < 1.29 is 9.59 Å². The van der Waals surface area contributed by atoms with E-state index in [1.165, 1.54) is 5.56 Å². The molecule has 0 radical (unpaired) electrons. The van der Waals surface area contributed by atoms with Crippen LogP contribution in [-0.4, -0.2) is 34.8 Å². The molecule has 184 valence electrons. The maximum Gasteiger partial charge on any atom is 0.257 e. The molecular weight excluding hydrogens is 460 g/mol. The van der Waals surface area contributed by atoms with Crippen LogP contribution in [0.4, 0.5) is 17.1 Å². The largest absolute Gasteiger partial charge is 0.353 e. The topological polar surface area (TPSA) is 74.3 Å². The molecule has 3 aromatic carbocycles. The summed E-state index contributed by atoms with van der Waals surface area (Å²) in [4.78, 5) is 32.6. The standard InChI is InChI=1S/C31H28N4O2/c36-30-26-18-23(25-7-4-14-32-20-25)8-10-27(26)33-28-11-9-24(19-29(28)34-30)31(37)35-15-12-22(13-16-35)17-21-5-2-1-3-6-21/h1-11,14,18-20,22,33H,12-13,15-17H2,(H,34,36). The second-order valence-corrected chi connectivity index (χ2v) is 9.77. The van der Waals surface area contributed by atoms with Crippen molar-refractivity contribution in [1.29, 1.82) is 0 Å². The van der Waals surface area contributed by atoms with Gasteiger partial charge >= 0.3 is 0 Å². The van der Waals surface area contributed by atoms with Crippen molar-refractivity contribution in [3.05, 3.63) is 108 Å². The Morgan fingerprint density at radius 2 is 1.65 bits per heavy atom. The molecule has 0 atom stereocenters. The van der Waals surface area contributed by atoms with Crippen molar-refractivity contribution in [2.24, 2.45) is 5.92 Å². The first kappa shape index (κ1) is 23.0. The van der Waals surface area contributed by atoms with Crippen LogP contribution in [0.2, 0.25) is 0 Å². The molecule has 6 nitrogen and oxygen atoms in total. The van der Waals surface area contributed by atoms with Crippen molar-refractivity contribution in [2.45, 2.75) is 19.3 Å². The number of carbonyl (C=O) groups excluding carboxylic acids is 2. The van der Waals surface area contributed by atoms with Gasteiger partial charge in [-0.05, 0) is 72.7 Å². The molecule has 6 heteroatoms. The maximum absolute atomic E-state index is 13.3. The highest BCUT2D eigenvalue weighted by atomic mass is 16.2. The van der Waals surface area contributed by atoms with Crippen LogP contribution in [0.5, 0.6) is 0 Å². The third-order valence-electron chi connectivity index (χ3n) is 7.31. The monoisotopic (exact) mass is 488 g/mol. The van der Waals surface area contributed by atoms with E-state index in [4.69, 9.17) is 0 Å². The van der Waals surface area contributed by atoms with Gasteiger partial charge in [0.1, 0.15) is 0 Å². The first-order chi connectivity index (χ1) is 18.1. The Hall–Kier alpha value is -4.45. The summed E-state index contributed by atoms with van der Waals surface area (Å²) in [6.45, 7) is 1.50. The molecule has 2 aliphatic rings. The predicted molar refractivity (Wildman–Crippen MR) is 146 cm³/mol. The van der Waals surface area contributed by atoms with E-state index in [-0.39, 0.29) is 11.8 Å². The second-order valence-electron chi connectivity index (χ2n) is 9.77. The van der Waals surface area contributed by atoms with Gasteiger partial charge in [0.2, 0.25) is 0 Å². The number of nitrogens with zero attached hydrogens (tertiary/aromatic N) is 2. The molecule has 0 unspecified atom stereocenters. The van der Waals surface area contributed by atoms with Crippen LogP contribution in [0, 0.1) is 5.92 Å². The number of pyridine rings is 1. The molecule has 1 saturated heterocycles. The molecule has 3 heterocycles. The van der Waals surface area contributed by atoms with Gasteiger partial charge in [0.25, 0.3) is 11.8 Å². The molecule has 1 fully saturated rings. The molecule has 6 rings (SSSR count). The Labute approximate surface area is 216 Å². The van der Waals surface area contributed by atoms with E-state index in [2.05, 4.69) is 39.9 Å². The minimum Gasteiger partial charge on any atom is -0.353 e. The Kier molecular flexibility index (Phi) is 6.15. The van der Waals surface area contributed by atoms with E-state index in [9.17, 15) is 9.59 Å². The maximum atomic E-state index is 13.3. The van der Waals surface area contributed by atoms with Crippen molar-refractivity contribution in [1.82, 2.24) is 9.88 Å². The zero-order valence-corrected chi connectivity index (χ0v) is 20.5. The number of piperidine rings is 1. The zero-order chi connectivity index (χ0) is 25.2. The summed E-state index contributed by atoms with van der Waals surface area (Å²) in [6.07, 6.45) is 6.56. The van der Waals surface area contributed by atoms with Gasteiger partial charge in [-0.1, -0.05) is 42.5 Å². The fraction of sp³-hybridized carbons (Fsp3) is 0.194. The lowest BCUT2D eigenvalue weighted by Crippen LogP contribution is -2.38. The van der Waals surface area contributed by atoms with Crippen LogP contribution < -0.4 is 10.6 Å². The van der Waals surface area contributed by atoms with Crippen molar-refractivity contribution in [2.75, 3.05) is 23.7 Å². The normalized spacial score (nSPS) is 15.1. The summed E-state index contributed by atoms with van der Waals surface area (Å²) < 4.78 is 0. The van der Waals surface area contributed by atoms with Gasteiger partial charge in [0.05, 0.1) is 22.6 Å². The van der Waals surface area contributed by atoms with Gasteiger partial charge < -0.3 is 15.5 Å². The molecule has 0 bridgehead atoms. The Morgan fingerprint density at radius 1 is 0.838 bits per heavy atom. The quantitative estimate of drug-likeness (QED) is 0.361. The van der Waals surface area contributed by atoms with Crippen LogP contribution in [0.1, 0.15) is 39.1 Å². The lowest BCUT2D eigenvalue weighted by molar-refractivity contribution is 0.0690. The molecule has 37 heavy (non-hydrogen) atoms. The van der Waals surface area contributed by atoms with Gasteiger partial charge in [-0.3, -0.25) is 14.6 Å². The molecule has 2 amide bonds. The molecule has 4 aromatic rings. The van der Waals surface area contributed by atoms with E-state index >= 15 is 0 Å². The SMILES string of the molecule is O=C1Nc2cc(C(=O)N3CCC(Cc4ccccc4)CC3)ccc2Nc2ccc(-c3cccnc3)cc21. The van der Waals surface area contributed by atoms with E-state index in [0.29, 0.717) is 22.7 Å². The third-order valence-corrected chi connectivity index (χ3v) is 7.31. The number of carbonyl (C=O) groups is 2. The van der Waals surface area contributed by atoms with Crippen LogP contribution >= 0.6 is 0 Å². The van der Waals surface area contributed by atoms with Gasteiger partial charge in [-0.2, -0.15) is 0 Å². The van der Waals surface area contributed by atoms with Gasteiger partial charge in [-0.15, -0.1) is 0 Å². The summed E-state index contributed by atoms with van der Waals surface area (Å²) in [6, 6.07) is 25.6. The number of rotatable bonds is 4. The average Bonchev–Trinajstić information content (AvgIpc) is 3.09. The van der Waals surface area contributed by atoms with Crippen molar-refractivity contribution >= 4 is 28.9 Å². The van der Waals surface area contributed by atoms with E-state index in [1.54, 1.807) is 18.5 Å². The fourth-order valence-electron chi connectivity index (χ4n) is 5.25. The van der Waals surface area contributed by atoms with E-state index < -0.39 is 0 Å². The summed E-state index contributed by atoms with van der Waals surface area (Å²) in [7, 11) is 0. The lowest BCUT2D eigenvalue weighted by atomic mass is 9.90. The van der Waals surface area contributed by atoms with Crippen LogP contribution in [-0.2, 0) is 6.42 Å². The van der Waals surface area contributed by atoms with Crippen LogP contribution in [0.3, 0.4) is 0 Å². The molecule has 0 aliphatic carbocycles. The zero-order valence-electron chi connectivity index (χ0n) is 20.5. The molecular formula is C31H28N4O2. The minimum atomic E-state index is -0.210. The van der Waals surface area contributed by atoms with Gasteiger partial charge in [-0.25, -0.2) is 0 Å². The van der Waals surface area contributed by atoms with E-state index in [1.807, 2.05) is 53.4 Å². The summed E-state index contributed by atoms with van der Waals surface area (Å²) in [5.41, 5.74) is 6.45. The highest BCUT2D eigenvalue weighted by molar-refractivity contribution is 6.13. The molecule has 2 aliphatic heterocycles. The van der Waals surface area contributed by atoms with Crippen molar-refractivity contribution in [3.8, 4) is 11.1 Å². The highest BCUT2D eigenvalue weighted by Gasteiger charge is 2.26. The first-order valence-electron chi connectivity index (χ1n) is 12.7. The Morgan fingerprint density at radius 3 is 2.43 bits per heavy atom. The van der Waals surface area contributed by atoms with Crippen molar-refractivity contribution in [3.63, 3.8) is 0 Å². The summed E-state index contributed by atoms with van der Waals surface area (Å²) in [5, 5.41) is 6.36. The van der Waals surface area contributed by atoms with Gasteiger partial charge in [0.15, 0.2) is 0 Å². The minimum absolute atomic E-state index is 0.0100. The third kappa shape index (κ3) is 4.83. The Bertz CT molecular complexity index is 1450. The Balaban J connectivity index is 1.16. The molecule has 1 aromatic heterocycles. The summed E-state index contributed by atoms with van der Waals surface area (Å²) in [5.74, 6) is 0.395. The lowest BCUT2D eigenvalue weighted by Gasteiger charge is -2.32. The number of amides is 2. The molecule has 0 saturated carbocycles. The smallest absolute Gasteiger partial charge is 0.257 e. The average molecular weight is 489 g/mol. The number of nitrogens with one attached hydrogen (secondary N) is 2. The fourth-order valence-corrected chi connectivity index (χ4v) is 5.25. The molecule has 0 spiro atoms. The van der Waals surface area contributed by atoms with Crippen LogP contribution in [0.15, 0.2) is 91.3 Å². The number of hydrogen-bond donors (Lipinski definition) is 2. The van der Waals surface area contributed by atoms with E-state index in [0.717, 1.165) is 54.9 Å². The van der Waals surface area contributed by atoms with Crippen LogP contribution in [0.25, 0.3) is 11.1 Å². The number of anilines is 3. The number of benzene rings is 3. The first-order valence-corrected chi connectivity index (χ1v) is 12.7.